The summed E-state index contributed by atoms with van der Waals surface area (Å²) in [4.78, 5) is 15.4. The Balaban J connectivity index is 1.61. The lowest BCUT2D eigenvalue weighted by atomic mass is 9.66. The van der Waals surface area contributed by atoms with Gasteiger partial charge in [-0.15, -0.1) is 13.2 Å². The van der Waals surface area contributed by atoms with E-state index in [1.54, 1.807) is 18.2 Å². The first-order valence-electron chi connectivity index (χ1n) is 15.2. The van der Waals surface area contributed by atoms with Crippen LogP contribution < -0.4 is 25.6 Å². The molecule has 2 heterocycles. The molecule has 10 nitrogen and oxygen atoms in total. The molecule has 47 heavy (non-hydrogen) atoms. The molecule has 3 aromatic carbocycles. The van der Waals surface area contributed by atoms with Gasteiger partial charge in [0.15, 0.2) is 0 Å². The van der Waals surface area contributed by atoms with Gasteiger partial charge in [0, 0.05) is 36.8 Å². The SMILES string of the molecule is CN(C)S(=O)(=O)c1ccc(O)c2c1C1(CCNCC1)C(CC(C)(C)C)N2c1ccccc1NC(=O)Nc1ccc(OC(F)(F)F)cc1. The zero-order chi connectivity index (χ0) is 34.4. The van der Waals surface area contributed by atoms with Crippen molar-refractivity contribution >= 4 is 38.8 Å². The lowest BCUT2D eigenvalue weighted by Gasteiger charge is -2.45. The minimum Gasteiger partial charge on any atom is -0.506 e. The van der Waals surface area contributed by atoms with Gasteiger partial charge in [-0.05, 0) is 86.3 Å². The van der Waals surface area contributed by atoms with Gasteiger partial charge in [-0.25, -0.2) is 17.5 Å². The number of alkyl halides is 3. The molecule has 0 bridgehead atoms. The summed E-state index contributed by atoms with van der Waals surface area (Å²) in [6.45, 7) is 7.65. The maximum atomic E-state index is 13.8. The fraction of sp³-hybridized carbons (Fsp3) is 0.424. The summed E-state index contributed by atoms with van der Waals surface area (Å²) >= 11 is 0. The van der Waals surface area contributed by atoms with Gasteiger partial charge in [-0.2, -0.15) is 0 Å². The number of para-hydroxylation sites is 2. The number of nitrogens with one attached hydrogen (secondary N) is 3. The number of piperidine rings is 1. The van der Waals surface area contributed by atoms with Crippen molar-refractivity contribution in [1.29, 1.82) is 0 Å². The number of phenolic OH excluding ortho intramolecular Hbond substituents is 1. The smallest absolute Gasteiger partial charge is 0.506 e. The Morgan fingerprint density at radius 1 is 1.02 bits per heavy atom. The Morgan fingerprint density at radius 2 is 1.66 bits per heavy atom. The number of rotatable bonds is 7. The molecule has 4 N–H and O–H groups in total. The number of fused-ring (bicyclic) bond motifs is 2. The van der Waals surface area contributed by atoms with Crippen LogP contribution in [0.15, 0.2) is 65.6 Å². The number of hydrogen-bond donors (Lipinski definition) is 4. The van der Waals surface area contributed by atoms with Crippen LogP contribution in [0, 0.1) is 5.41 Å². The standard InChI is InChI=1S/C33H40F3N5O5S/c1-31(2,3)20-27-32(16-18-37-19-17-32)28-26(47(44,45)40(4)5)15-14-25(42)29(28)41(27)24-9-7-6-8-23(24)39-30(43)38-21-10-12-22(13-11-21)46-33(34,35)36/h6-15,27,37,42H,16-20H2,1-5H3,(H2,38,39,43). The first-order chi connectivity index (χ1) is 21.9. The number of carbonyl (C=O) groups is 1. The maximum Gasteiger partial charge on any atom is 0.573 e. The van der Waals surface area contributed by atoms with E-state index in [9.17, 15) is 31.5 Å². The number of amides is 2. The predicted molar refractivity (Wildman–Crippen MR) is 175 cm³/mol. The second-order valence-electron chi connectivity index (χ2n) is 13.3. The van der Waals surface area contributed by atoms with Gasteiger partial charge in [-0.1, -0.05) is 32.9 Å². The van der Waals surface area contributed by atoms with Crippen molar-refractivity contribution in [3.05, 3.63) is 66.2 Å². The molecule has 0 radical (unpaired) electrons. The molecular formula is C33H40F3N5O5S. The molecule has 1 atom stereocenters. The highest BCUT2D eigenvalue weighted by molar-refractivity contribution is 7.89. The van der Waals surface area contributed by atoms with E-state index in [1.807, 2.05) is 11.0 Å². The number of benzene rings is 3. The fourth-order valence-electron chi connectivity index (χ4n) is 6.69. The highest BCUT2D eigenvalue weighted by Gasteiger charge is 2.56. The average Bonchev–Trinajstić information content (AvgIpc) is 3.22. The van der Waals surface area contributed by atoms with Gasteiger partial charge >= 0.3 is 12.4 Å². The van der Waals surface area contributed by atoms with E-state index >= 15 is 0 Å². The Hall–Kier alpha value is -4.01. The molecule has 0 aliphatic carbocycles. The number of carbonyl (C=O) groups excluding carboxylic acids is 1. The van der Waals surface area contributed by atoms with Crippen LogP contribution in [0.2, 0.25) is 0 Å². The number of halogens is 3. The Morgan fingerprint density at radius 3 is 2.26 bits per heavy atom. The second-order valence-corrected chi connectivity index (χ2v) is 15.4. The summed E-state index contributed by atoms with van der Waals surface area (Å²) in [7, 11) is -0.952. The molecule has 254 valence electrons. The molecule has 1 saturated heterocycles. The highest BCUT2D eigenvalue weighted by Crippen LogP contribution is 2.60. The van der Waals surface area contributed by atoms with Crippen LogP contribution in [0.1, 0.15) is 45.6 Å². The van der Waals surface area contributed by atoms with Crippen molar-refractivity contribution in [2.75, 3.05) is 42.7 Å². The molecule has 5 rings (SSSR count). The van der Waals surface area contributed by atoms with Crippen molar-refractivity contribution in [2.24, 2.45) is 5.41 Å². The molecular weight excluding hydrogens is 635 g/mol. The first-order valence-corrected chi connectivity index (χ1v) is 16.7. The summed E-state index contributed by atoms with van der Waals surface area (Å²) in [5, 5.41) is 20.4. The largest absolute Gasteiger partial charge is 0.573 e. The van der Waals surface area contributed by atoms with Crippen molar-refractivity contribution in [3.63, 3.8) is 0 Å². The van der Waals surface area contributed by atoms with E-state index in [4.69, 9.17) is 0 Å². The van der Waals surface area contributed by atoms with Crippen molar-refractivity contribution in [1.82, 2.24) is 9.62 Å². The Kier molecular flexibility index (Phi) is 9.16. The number of ether oxygens (including phenoxy) is 1. The molecule has 0 aromatic heterocycles. The van der Waals surface area contributed by atoms with E-state index in [1.165, 1.54) is 42.7 Å². The van der Waals surface area contributed by atoms with E-state index in [2.05, 4.69) is 41.5 Å². The van der Waals surface area contributed by atoms with Gasteiger partial charge in [0.2, 0.25) is 10.0 Å². The molecule has 1 spiro atoms. The summed E-state index contributed by atoms with van der Waals surface area (Å²) in [5.41, 5.74) is 1.27. The molecule has 14 heteroatoms. The van der Waals surface area contributed by atoms with Crippen molar-refractivity contribution in [2.45, 2.75) is 62.7 Å². The quantitative estimate of drug-likeness (QED) is 0.218. The van der Waals surface area contributed by atoms with Crippen LogP contribution in [-0.2, 0) is 15.4 Å². The Labute approximate surface area is 273 Å². The van der Waals surface area contributed by atoms with Gasteiger partial charge in [0.05, 0.1) is 22.0 Å². The predicted octanol–water partition coefficient (Wildman–Crippen LogP) is 6.76. The molecule has 0 saturated carbocycles. The third kappa shape index (κ3) is 6.99. The normalized spacial score (nSPS) is 17.9. The molecule has 1 unspecified atom stereocenters. The van der Waals surface area contributed by atoms with Gasteiger partial charge in [-0.3, -0.25) is 0 Å². The molecule has 2 amide bonds. The summed E-state index contributed by atoms with van der Waals surface area (Å²) in [5.74, 6) is -0.499. The number of nitrogens with zero attached hydrogens (tertiary/aromatic N) is 2. The van der Waals surface area contributed by atoms with Gasteiger partial charge in [0.25, 0.3) is 0 Å². The fourth-order valence-corrected chi connectivity index (χ4v) is 7.88. The number of urea groups is 1. The first kappa shape index (κ1) is 34.3. The van der Waals surface area contributed by atoms with Crippen LogP contribution in [0.3, 0.4) is 0 Å². The van der Waals surface area contributed by atoms with Gasteiger partial charge in [0.1, 0.15) is 11.5 Å². The lowest BCUT2D eigenvalue weighted by Crippen LogP contribution is -2.51. The minimum atomic E-state index is -4.84. The van der Waals surface area contributed by atoms with E-state index in [-0.39, 0.29) is 27.8 Å². The summed E-state index contributed by atoms with van der Waals surface area (Å²) in [6, 6.07) is 13.8. The van der Waals surface area contributed by atoms with E-state index in [0.29, 0.717) is 55.0 Å². The Bertz CT molecular complexity index is 1730. The summed E-state index contributed by atoms with van der Waals surface area (Å²) in [6.07, 6.45) is -2.95. The molecule has 3 aromatic rings. The average molecular weight is 676 g/mol. The second kappa shape index (κ2) is 12.5. The minimum absolute atomic E-state index is 0.0764. The molecule has 2 aliphatic rings. The van der Waals surface area contributed by atoms with Crippen LogP contribution >= 0.6 is 0 Å². The lowest BCUT2D eigenvalue weighted by molar-refractivity contribution is -0.274. The van der Waals surface area contributed by atoms with Crippen molar-refractivity contribution in [3.8, 4) is 11.5 Å². The number of sulfonamides is 1. The monoisotopic (exact) mass is 675 g/mol. The zero-order valence-electron chi connectivity index (χ0n) is 26.9. The highest BCUT2D eigenvalue weighted by atomic mass is 32.2. The number of hydrogen-bond acceptors (Lipinski definition) is 7. The topological polar surface area (TPSA) is 123 Å². The summed E-state index contributed by atoms with van der Waals surface area (Å²) < 4.78 is 70.4. The van der Waals surface area contributed by atoms with E-state index < -0.39 is 33.6 Å². The van der Waals surface area contributed by atoms with Crippen LogP contribution in [0.4, 0.5) is 40.7 Å². The van der Waals surface area contributed by atoms with Gasteiger partial charge < -0.3 is 30.7 Å². The maximum absolute atomic E-state index is 13.8. The number of aromatic hydroxyl groups is 1. The molecule has 2 aliphatic heterocycles. The number of anilines is 4. The number of phenols is 1. The van der Waals surface area contributed by atoms with Crippen LogP contribution in [-0.4, -0.2) is 63.4 Å². The van der Waals surface area contributed by atoms with Crippen molar-refractivity contribution < 1.29 is 36.2 Å². The van der Waals surface area contributed by atoms with Crippen LogP contribution in [0.5, 0.6) is 11.5 Å². The third-order valence-electron chi connectivity index (χ3n) is 8.62. The van der Waals surface area contributed by atoms with E-state index in [0.717, 1.165) is 12.1 Å². The third-order valence-corrected chi connectivity index (χ3v) is 10.5. The molecule has 1 fully saturated rings. The zero-order valence-corrected chi connectivity index (χ0v) is 27.7. The van der Waals surface area contributed by atoms with Crippen LogP contribution in [0.25, 0.3) is 0 Å².